The lowest BCUT2D eigenvalue weighted by Crippen LogP contribution is -2.32. The van der Waals surface area contributed by atoms with E-state index in [4.69, 9.17) is 4.42 Å². The molecule has 1 N–H and O–H groups in total. The second-order valence-corrected chi connectivity index (χ2v) is 6.17. The summed E-state index contributed by atoms with van der Waals surface area (Å²) in [5.74, 6) is -0.0896. The second kappa shape index (κ2) is 6.62. The third-order valence-corrected chi connectivity index (χ3v) is 4.46. The fraction of sp³-hybridized carbons (Fsp3) is 0.167. The second-order valence-electron chi connectivity index (χ2n) is 5.26. The minimum Gasteiger partial charge on any atom is -0.472 e. The van der Waals surface area contributed by atoms with E-state index in [1.54, 1.807) is 29.9 Å². The average Bonchev–Trinajstić information content (AvgIpc) is 3.15. The number of amides is 1. The number of benzene rings is 1. The van der Waals surface area contributed by atoms with Gasteiger partial charge in [0.25, 0.3) is 0 Å². The van der Waals surface area contributed by atoms with Gasteiger partial charge in [-0.25, -0.2) is 0 Å². The average molecular weight is 311 g/mol. The lowest BCUT2D eigenvalue weighted by molar-refractivity contribution is -0.117. The Kier molecular flexibility index (Phi) is 4.39. The molecule has 0 bridgehead atoms. The van der Waals surface area contributed by atoms with Crippen LogP contribution in [-0.2, 0) is 11.2 Å². The van der Waals surface area contributed by atoms with Crippen LogP contribution in [0.5, 0.6) is 0 Å². The van der Waals surface area contributed by atoms with Crippen LogP contribution in [0, 0.1) is 0 Å². The monoisotopic (exact) mass is 311 g/mol. The van der Waals surface area contributed by atoms with Crippen LogP contribution in [0.2, 0.25) is 0 Å². The van der Waals surface area contributed by atoms with Crippen molar-refractivity contribution in [2.24, 2.45) is 0 Å². The van der Waals surface area contributed by atoms with Crippen LogP contribution < -0.4 is 5.32 Å². The number of furan rings is 1. The minimum atomic E-state index is -0.0896. The molecule has 0 aliphatic rings. The number of hydrogen-bond acceptors (Lipinski definition) is 3. The third-order valence-electron chi connectivity index (χ3n) is 3.45. The summed E-state index contributed by atoms with van der Waals surface area (Å²) in [7, 11) is 0. The maximum Gasteiger partial charge on any atom is 0.244 e. The zero-order valence-corrected chi connectivity index (χ0v) is 13.1. The third kappa shape index (κ3) is 3.46. The summed E-state index contributed by atoms with van der Waals surface area (Å²) in [4.78, 5) is 11.9. The molecule has 0 aliphatic heterocycles. The molecule has 2 aromatic heterocycles. The van der Waals surface area contributed by atoms with Gasteiger partial charge in [-0.3, -0.25) is 4.79 Å². The molecule has 4 heteroatoms. The van der Waals surface area contributed by atoms with E-state index in [2.05, 4.69) is 35.0 Å². The summed E-state index contributed by atoms with van der Waals surface area (Å²) in [5, 5.41) is 6.45. The summed E-state index contributed by atoms with van der Waals surface area (Å²) < 4.78 is 6.24. The Bertz CT molecular complexity index is 786. The molecule has 0 radical (unpaired) electrons. The Morgan fingerprint density at radius 1 is 1.36 bits per heavy atom. The predicted octanol–water partition coefficient (Wildman–Crippen LogP) is 4.25. The first-order valence-electron chi connectivity index (χ1n) is 7.18. The molecule has 2 heterocycles. The van der Waals surface area contributed by atoms with Gasteiger partial charge in [-0.05, 0) is 47.9 Å². The van der Waals surface area contributed by atoms with Crippen molar-refractivity contribution in [2.45, 2.75) is 19.4 Å². The van der Waals surface area contributed by atoms with Crippen LogP contribution >= 0.6 is 11.3 Å². The molecule has 1 amide bonds. The molecule has 0 saturated heterocycles. The molecule has 3 nitrogen and oxygen atoms in total. The number of hydrogen-bond donors (Lipinski definition) is 1. The minimum absolute atomic E-state index is 0.0829. The number of carbonyl (C=O) groups excluding carboxylic acids is 1. The molecular weight excluding hydrogens is 294 g/mol. The smallest absolute Gasteiger partial charge is 0.244 e. The van der Waals surface area contributed by atoms with Gasteiger partial charge in [-0.2, -0.15) is 0 Å². The number of fused-ring (bicyclic) bond motifs is 1. The molecule has 112 valence electrons. The Morgan fingerprint density at radius 2 is 2.23 bits per heavy atom. The zero-order chi connectivity index (χ0) is 15.4. The van der Waals surface area contributed by atoms with Gasteiger partial charge in [0.1, 0.15) is 0 Å². The van der Waals surface area contributed by atoms with Gasteiger partial charge >= 0.3 is 0 Å². The van der Waals surface area contributed by atoms with Crippen molar-refractivity contribution in [3.05, 3.63) is 65.4 Å². The molecule has 1 aromatic carbocycles. The first-order chi connectivity index (χ1) is 10.7. The van der Waals surface area contributed by atoms with E-state index in [1.165, 1.54) is 21.7 Å². The molecule has 3 aromatic rings. The summed E-state index contributed by atoms with van der Waals surface area (Å²) >= 11 is 1.75. The summed E-state index contributed by atoms with van der Waals surface area (Å²) in [6.45, 7) is 2.02. The molecule has 3 rings (SSSR count). The fourth-order valence-electron chi connectivity index (χ4n) is 2.40. The van der Waals surface area contributed by atoms with Crippen molar-refractivity contribution in [2.75, 3.05) is 0 Å². The van der Waals surface area contributed by atoms with Gasteiger partial charge in [-0.15, -0.1) is 11.3 Å². The molecule has 0 spiro atoms. The molecule has 1 atom stereocenters. The Hall–Kier alpha value is -2.33. The van der Waals surface area contributed by atoms with Gasteiger partial charge in [0.2, 0.25) is 5.91 Å². The first-order valence-corrected chi connectivity index (χ1v) is 8.06. The highest BCUT2D eigenvalue weighted by Crippen LogP contribution is 2.26. The summed E-state index contributed by atoms with van der Waals surface area (Å²) in [5.41, 5.74) is 2.17. The van der Waals surface area contributed by atoms with Gasteiger partial charge < -0.3 is 9.73 Å². The molecular formula is C18H17NO2S. The standard InChI is InChI=1S/C18H17NO2S/c1-13(19-18(20)7-6-14-8-9-21-11-14)10-15-12-22-17-5-3-2-4-16(15)17/h2-9,11-13H,10H2,1H3,(H,19,20). The van der Waals surface area contributed by atoms with Crippen LogP contribution in [0.15, 0.2) is 58.7 Å². The SMILES string of the molecule is CC(Cc1csc2ccccc12)NC(=O)C=Cc1ccoc1. The highest BCUT2D eigenvalue weighted by atomic mass is 32.1. The van der Waals surface area contributed by atoms with Crippen molar-refractivity contribution < 1.29 is 9.21 Å². The van der Waals surface area contributed by atoms with Crippen LogP contribution in [-0.4, -0.2) is 11.9 Å². The van der Waals surface area contributed by atoms with E-state index in [9.17, 15) is 4.79 Å². The van der Waals surface area contributed by atoms with Crippen molar-refractivity contribution in [3.8, 4) is 0 Å². The fourth-order valence-corrected chi connectivity index (χ4v) is 3.38. The molecule has 0 aliphatic carbocycles. The van der Waals surface area contributed by atoms with Crippen LogP contribution in [0.1, 0.15) is 18.1 Å². The number of nitrogens with one attached hydrogen (secondary N) is 1. The lowest BCUT2D eigenvalue weighted by atomic mass is 10.1. The summed E-state index contributed by atoms with van der Waals surface area (Å²) in [6.07, 6.45) is 7.29. The quantitative estimate of drug-likeness (QED) is 0.716. The molecule has 22 heavy (non-hydrogen) atoms. The topological polar surface area (TPSA) is 42.2 Å². The van der Waals surface area contributed by atoms with E-state index in [0.717, 1.165) is 12.0 Å². The van der Waals surface area contributed by atoms with E-state index >= 15 is 0 Å². The van der Waals surface area contributed by atoms with E-state index < -0.39 is 0 Å². The van der Waals surface area contributed by atoms with Gasteiger partial charge in [0.15, 0.2) is 0 Å². The highest BCUT2D eigenvalue weighted by Gasteiger charge is 2.09. The van der Waals surface area contributed by atoms with E-state index in [-0.39, 0.29) is 11.9 Å². The van der Waals surface area contributed by atoms with Gasteiger partial charge in [0.05, 0.1) is 12.5 Å². The van der Waals surface area contributed by atoms with Crippen LogP contribution in [0.3, 0.4) is 0 Å². The van der Waals surface area contributed by atoms with Crippen molar-refractivity contribution in [1.29, 1.82) is 0 Å². The van der Waals surface area contributed by atoms with Crippen LogP contribution in [0.4, 0.5) is 0 Å². The molecule has 1 unspecified atom stereocenters. The predicted molar refractivity (Wildman–Crippen MR) is 90.9 cm³/mol. The maximum atomic E-state index is 11.9. The van der Waals surface area contributed by atoms with Crippen molar-refractivity contribution in [3.63, 3.8) is 0 Å². The zero-order valence-electron chi connectivity index (χ0n) is 12.3. The number of thiophene rings is 1. The molecule has 0 saturated carbocycles. The normalized spacial score (nSPS) is 12.8. The molecule has 0 fully saturated rings. The Balaban J connectivity index is 1.60. The number of carbonyl (C=O) groups is 1. The van der Waals surface area contributed by atoms with Gasteiger partial charge in [-0.1, -0.05) is 18.2 Å². The van der Waals surface area contributed by atoms with Gasteiger partial charge in [0, 0.05) is 22.4 Å². The highest BCUT2D eigenvalue weighted by molar-refractivity contribution is 7.17. The number of rotatable bonds is 5. The lowest BCUT2D eigenvalue weighted by Gasteiger charge is -2.11. The Morgan fingerprint density at radius 3 is 3.05 bits per heavy atom. The van der Waals surface area contributed by atoms with Crippen molar-refractivity contribution >= 4 is 33.4 Å². The summed E-state index contributed by atoms with van der Waals surface area (Å²) in [6, 6.07) is 10.3. The largest absolute Gasteiger partial charge is 0.472 e. The van der Waals surface area contributed by atoms with Crippen LogP contribution in [0.25, 0.3) is 16.2 Å². The maximum absolute atomic E-state index is 11.9. The van der Waals surface area contributed by atoms with Crippen molar-refractivity contribution in [1.82, 2.24) is 5.32 Å². The Labute approximate surface area is 133 Å². The van der Waals surface area contributed by atoms with E-state index in [1.807, 2.05) is 13.0 Å². The first kappa shape index (κ1) is 14.6. The van der Waals surface area contributed by atoms with E-state index in [0.29, 0.717) is 0 Å².